The first-order valence-electron chi connectivity index (χ1n) is 11.4. The van der Waals surface area contributed by atoms with Gasteiger partial charge in [-0.1, -0.05) is 57.6 Å². The van der Waals surface area contributed by atoms with Crippen molar-refractivity contribution in [1.29, 1.82) is 0 Å². The maximum Gasteiger partial charge on any atom is 0.277 e. The highest BCUT2D eigenvalue weighted by molar-refractivity contribution is 5.96. The lowest BCUT2D eigenvalue weighted by molar-refractivity contribution is -0.0756. The van der Waals surface area contributed by atoms with Crippen molar-refractivity contribution in [2.45, 2.75) is 58.3 Å². The van der Waals surface area contributed by atoms with E-state index in [-0.39, 0.29) is 11.7 Å². The summed E-state index contributed by atoms with van der Waals surface area (Å²) in [5.41, 5.74) is 4.06. The lowest BCUT2D eigenvalue weighted by atomic mass is 10.0. The molecule has 1 amide bonds. The van der Waals surface area contributed by atoms with Crippen molar-refractivity contribution in [1.82, 2.24) is 15.0 Å². The molecule has 0 spiro atoms. The second-order valence-electron chi connectivity index (χ2n) is 8.09. The van der Waals surface area contributed by atoms with Gasteiger partial charge in [-0.2, -0.15) is 0 Å². The summed E-state index contributed by atoms with van der Waals surface area (Å²) < 4.78 is 13.9. The summed E-state index contributed by atoms with van der Waals surface area (Å²) >= 11 is 0. The van der Waals surface area contributed by atoms with E-state index in [1.807, 2.05) is 6.07 Å². The molecular weight excluding hydrogens is 405 g/mol. The van der Waals surface area contributed by atoms with Gasteiger partial charge in [-0.15, -0.1) is 0 Å². The molecule has 3 rings (SSSR count). The van der Waals surface area contributed by atoms with Crippen molar-refractivity contribution >= 4 is 16.9 Å². The second kappa shape index (κ2) is 11.7. The Kier molecular flexibility index (Phi) is 8.68. The van der Waals surface area contributed by atoms with Gasteiger partial charge in [0.25, 0.3) is 5.91 Å². The summed E-state index contributed by atoms with van der Waals surface area (Å²) in [6.45, 7) is 2.22. The fraction of sp³-hybridized carbons (Fsp3) is 0.423. The summed E-state index contributed by atoms with van der Waals surface area (Å²) in [5, 5.41) is 1.18. The third-order valence-electron chi connectivity index (χ3n) is 5.66. The number of hydrogen-bond donors (Lipinski definition) is 0. The van der Waals surface area contributed by atoms with Gasteiger partial charge in [0.15, 0.2) is 0 Å². The number of aromatic nitrogens is 2. The predicted molar refractivity (Wildman–Crippen MR) is 126 cm³/mol. The molecule has 0 saturated carbocycles. The first-order chi connectivity index (χ1) is 15.5. The zero-order valence-corrected chi connectivity index (χ0v) is 19.2. The molecular formula is C26H32FN3O2. The molecule has 1 heterocycles. The maximum absolute atomic E-state index is 13.9. The second-order valence-corrected chi connectivity index (χ2v) is 8.09. The van der Waals surface area contributed by atoms with Gasteiger partial charge in [0.1, 0.15) is 5.82 Å². The van der Waals surface area contributed by atoms with E-state index in [1.54, 1.807) is 31.3 Å². The van der Waals surface area contributed by atoms with Crippen molar-refractivity contribution < 1.29 is 14.0 Å². The molecule has 0 aliphatic rings. The van der Waals surface area contributed by atoms with Gasteiger partial charge in [-0.25, -0.2) is 19.4 Å². The Morgan fingerprint density at radius 3 is 2.44 bits per heavy atom. The average Bonchev–Trinajstić information content (AvgIpc) is 2.81. The number of hydrogen-bond acceptors (Lipinski definition) is 4. The lowest BCUT2D eigenvalue weighted by Gasteiger charge is -2.14. The van der Waals surface area contributed by atoms with Crippen LogP contribution in [0.25, 0.3) is 22.3 Å². The highest BCUT2D eigenvalue weighted by atomic mass is 19.1. The molecule has 0 N–H and O–H groups in total. The van der Waals surface area contributed by atoms with E-state index in [0.717, 1.165) is 30.5 Å². The third kappa shape index (κ3) is 6.10. The van der Waals surface area contributed by atoms with E-state index in [1.165, 1.54) is 56.4 Å². The molecule has 1 aromatic heterocycles. The van der Waals surface area contributed by atoms with Crippen molar-refractivity contribution in [3.8, 4) is 11.3 Å². The lowest BCUT2D eigenvalue weighted by Crippen LogP contribution is -2.25. The number of halogens is 1. The number of benzene rings is 2. The average molecular weight is 438 g/mol. The van der Waals surface area contributed by atoms with Gasteiger partial charge in [-0.3, -0.25) is 9.63 Å². The van der Waals surface area contributed by atoms with Crippen LogP contribution in [0.5, 0.6) is 0 Å². The van der Waals surface area contributed by atoms with Crippen LogP contribution in [0, 0.1) is 5.82 Å². The van der Waals surface area contributed by atoms with Crippen LogP contribution in [0.2, 0.25) is 0 Å². The number of amides is 1. The van der Waals surface area contributed by atoms with Gasteiger partial charge >= 0.3 is 0 Å². The fourth-order valence-electron chi connectivity index (χ4n) is 3.78. The Balaban J connectivity index is 1.89. The minimum atomic E-state index is -0.296. The summed E-state index contributed by atoms with van der Waals surface area (Å²) in [7, 11) is 3.02. The third-order valence-corrected chi connectivity index (χ3v) is 5.66. The number of hydroxylamine groups is 2. The largest absolute Gasteiger partial charge is 0.277 e. The van der Waals surface area contributed by atoms with Crippen LogP contribution in [-0.4, -0.2) is 35.1 Å². The molecule has 0 bridgehead atoms. The molecule has 0 radical (unpaired) electrons. The Morgan fingerprint density at radius 2 is 1.72 bits per heavy atom. The SMILES string of the molecule is CCCCCCCCCc1nc2cc(C(=O)N(C)OC)ccc2nc1-c1cccc(F)c1. The van der Waals surface area contributed by atoms with E-state index in [0.29, 0.717) is 22.3 Å². The topological polar surface area (TPSA) is 55.3 Å². The Labute approximate surface area is 189 Å². The minimum Gasteiger partial charge on any atom is -0.274 e. The van der Waals surface area contributed by atoms with Crippen LogP contribution in [0.15, 0.2) is 42.5 Å². The number of fused-ring (bicyclic) bond motifs is 1. The number of aryl methyl sites for hydroxylation is 1. The number of carbonyl (C=O) groups excluding carboxylic acids is 1. The quantitative estimate of drug-likeness (QED) is 0.259. The molecule has 170 valence electrons. The Bertz CT molecular complexity index is 1050. The molecule has 0 saturated heterocycles. The first kappa shape index (κ1) is 23.8. The normalized spacial score (nSPS) is 11.1. The first-order valence-corrected chi connectivity index (χ1v) is 11.4. The van der Waals surface area contributed by atoms with Crippen LogP contribution in [0.3, 0.4) is 0 Å². The smallest absolute Gasteiger partial charge is 0.274 e. The predicted octanol–water partition coefficient (Wildman–Crippen LogP) is 6.36. The van der Waals surface area contributed by atoms with E-state index < -0.39 is 0 Å². The fourth-order valence-corrected chi connectivity index (χ4v) is 3.78. The summed E-state index contributed by atoms with van der Waals surface area (Å²) in [6, 6.07) is 11.7. The van der Waals surface area contributed by atoms with Gasteiger partial charge in [0.2, 0.25) is 0 Å². The summed E-state index contributed by atoms with van der Waals surface area (Å²) in [6.07, 6.45) is 9.17. The zero-order valence-electron chi connectivity index (χ0n) is 19.2. The van der Waals surface area contributed by atoms with Gasteiger partial charge in [0, 0.05) is 18.2 Å². The van der Waals surface area contributed by atoms with Crippen molar-refractivity contribution in [2.75, 3.05) is 14.2 Å². The highest BCUT2D eigenvalue weighted by Crippen LogP contribution is 2.26. The molecule has 0 unspecified atom stereocenters. The minimum absolute atomic E-state index is 0.251. The van der Waals surface area contributed by atoms with Crippen LogP contribution in [-0.2, 0) is 11.3 Å². The molecule has 0 atom stereocenters. The molecule has 5 nitrogen and oxygen atoms in total. The van der Waals surface area contributed by atoms with Gasteiger partial charge < -0.3 is 0 Å². The highest BCUT2D eigenvalue weighted by Gasteiger charge is 2.16. The number of unbranched alkanes of at least 4 members (excludes halogenated alkanes) is 6. The van der Waals surface area contributed by atoms with E-state index >= 15 is 0 Å². The van der Waals surface area contributed by atoms with Crippen molar-refractivity contribution in [3.63, 3.8) is 0 Å². The van der Waals surface area contributed by atoms with Crippen LogP contribution in [0.4, 0.5) is 4.39 Å². The standard InChI is InChI=1S/C26H32FN3O2/c1-4-5-6-7-8-9-10-14-23-25(19-12-11-13-21(27)17-19)29-22-16-15-20(18-24(22)28-23)26(31)30(2)32-3/h11-13,15-18H,4-10,14H2,1-3H3. The van der Waals surface area contributed by atoms with Crippen LogP contribution >= 0.6 is 0 Å². The Hall–Kier alpha value is -2.86. The van der Waals surface area contributed by atoms with Crippen molar-refractivity contribution in [3.05, 3.63) is 59.5 Å². The molecule has 2 aromatic carbocycles. The van der Waals surface area contributed by atoms with Crippen LogP contribution < -0.4 is 0 Å². The molecule has 6 heteroatoms. The molecule has 0 aliphatic carbocycles. The van der Waals surface area contributed by atoms with E-state index in [9.17, 15) is 9.18 Å². The Morgan fingerprint density at radius 1 is 0.969 bits per heavy atom. The number of carbonyl (C=O) groups is 1. The van der Waals surface area contributed by atoms with E-state index in [2.05, 4.69) is 6.92 Å². The maximum atomic E-state index is 13.9. The molecule has 0 aliphatic heterocycles. The molecule has 0 fully saturated rings. The van der Waals surface area contributed by atoms with Crippen LogP contribution in [0.1, 0.15) is 67.9 Å². The zero-order chi connectivity index (χ0) is 22.9. The van der Waals surface area contributed by atoms with Crippen molar-refractivity contribution in [2.24, 2.45) is 0 Å². The van der Waals surface area contributed by atoms with E-state index in [4.69, 9.17) is 14.8 Å². The number of nitrogens with zero attached hydrogens (tertiary/aromatic N) is 3. The number of rotatable bonds is 11. The van der Waals surface area contributed by atoms with Gasteiger partial charge in [0.05, 0.1) is 29.5 Å². The molecule has 32 heavy (non-hydrogen) atoms. The molecule has 3 aromatic rings. The summed E-state index contributed by atoms with van der Waals surface area (Å²) in [5.74, 6) is -0.547. The van der Waals surface area contributed by atoms with Gasteiger partial charge in [-0.05, 0) is 43.2 Å². The summed E-state index contributed by atoms with van der Waals surface area (Å²) in [4.78, 5) is 27.1. The monoisotopic (exact) mass is 437 g/mol.